The van der Waals surface area contributed by atoms with Gasteiger partial charge >= 0.3 is 0 Å². The smallest absolute Gasteiger partial charge is 0.226 e. The molecule has 3 rings (SSSR count). The fraction of sp³-hybridized carbons (Fsp3) is 0.333. The van der Waals surface area contributed by atoms with E-state index in [1.807, 2.05) is 36.6 Å². The number of carbonyl (C=O) groups is 1. The van der Waals surface area contributed by atoms with Crippen LogP contribution in [-0.2, 0) is 11.2 Å². The van der Waals surface area contributed by atoms with Gasteiger partial charge in [-0.2, -0.15) is 0 Å². The van der Waals surface area contributed by atoms with Crippen LogP contribution in [0.3, 0.4) is 0 Å². The van der Waals surface area contributed by atoms with E-state index in [-0.39, 0.29) is 12.0 Å². The molecule has 0 unspecified atom stereocenters. The Kier molecular flexibility index (Phi) is 4.06. The first-order chi connectivity index (χ1) is 10.2. The van der Waals surface area contributed by atoms with Crippen molar-refractivity contribution in [1.29, 1.82) is 0 Å². The van der Waals surface area contributed by atoms with Gasteiger partial charge in [0.2, 0.25) is 5.91 Å². The second-order valence-corrected chi connectivity index (χ2v) is 5.90. The van der Waals surface area contributed by atoms with Gasteiger partial charge in [0, 0.05) is 5.38 Å². The summed E-state index contributed by atoms with van der Waals surface area (Å²) in [5.74, 6) is 1.42. The molecule has 21 heavy (non-hydrogen) atoms. The molecule has 0 radical (unpaired) electrons. The number of nitrogens with zero attached hydrogens (tertiary/aromatic N) is 1. The van der Waals surface area contributed by atoms with Crippen molar-refractivity contribution in [1.82, 2.24) is 10.3 Å². The van der Waals surface area contributed by atoms with Crippen molar-refractivity contribution in [3.8, 4) is 11.5 Å². The second-order valence-electron chi connectivity index (χ2n) is 4.84. The molecule has 0 saturated heterocycles. The highest BCUT2D eigenvalue weighted by Gasteiger charge is 2.21. The van der Waals surface area contributed by atoms with Crippen molar-refractivity contribution in [2.45, 2.75) is 19.4 Å². The van der Waals surface area contributed by atoms with Crippen LogP contribution in [0, 0.1) is 6.92 Å². The number of ether oxygens (including phenoxy) is 2. The molecule has 110 valence electrons. The van der Waals surface area contributed by atoms with E-state index in [2.05, 4.69) is 10.3 Å². The lowest BCUT2D eigenvalue weighted by atomic mass is 10.2. The van der Waals surface area contributed by atoms with Crippen LogP contribution in [0.5, 0.6) is 11.5 Å². The molecule has 1 aromatic heterocycles. The molecule has 1 aliphatic rings. The second kappa shape index (κ2) is 6.13. The van der Waals surface area contributed by atoms with Crippen molar-refractivity contribution in [3.63, 3.8) is 0 Å². The van der Waals surface area contributed by atoms with E-state index in [9.17, 15) is 4.79 Å². The highest BCUT2D eigenvalue weighted by molar-refractivity contribution is 7.09. The third-order valence-electron chi connectivity index (χ3n) is 3.10. The zero-order valence-corrected chi connectivity index (χ0v) is 12.5. The predicted octanol–water partition coefficient (Wildman–Crippen LogP) is 1.95. The van der Waals surface area contributed by atoms with Crippen LogP contribution in [0.2, 0.25) is 0 Å². The predicted molar refractivity (Wildman–Crippen MR) is 79.9 cm³/mol. The highest BCUT2D eigenvalue weighted by Crippen LogP contribution is 2.30. The number of amides is 1. The van der Waals surface area contributed by atoms with Crippen LogP contribution in [0.1, 0.15) is 10.7 Å². The Hall–Kier alpha value is -2.08. The van der Waals surface area contributed by atoms with Crippen LogP contribution < -0.4 is 14.8 Å². The molecule has 2 heterocycles. The number of fused-ring (bicyclic) bond motifs is 1. The average molecular weight is 304 g/mol. The van der Waals surface area contributed by atoms with E-state index in [1.165, 1.54) is 0 Å². The van der Waals surface area contributed by atoms with E-state index in [4.69, 9.17) is 9.47 Å². The summed E-state index contributed by atoms with van der Waals surface area (Å²) in [6.45, 7) is 2.79. The Bertz CT molecular complexity index is 641. The van der Waals surface area contributed by atoms with Crippen LogP contribution in [0.4, 0.5) is 0 Å². The third kappa shape index (κ3) is 3.52. The lowest BCUT2D eigenvalue weighted by Gasteiger charge is -2.26. The first kappa shape index (κ1) is 13.9. The van der Waals surface area contributed by atoms with Gasteiger partial charge in [-0.15, -0.1) is 11.3 Å². The molecule has 5 nitrogen and oxygen atoms in total. The van der Waals surface area contributed by atoms with Gasteiger partial charge in [0.25, 0.3) is 0 Å². The number of aromatic nitrogens is 1. The monoisotopic (exact) mass is 304 g/mol. The molecule has 1 N–H and O–H groups in total. The number of nitrogens with one attached hydrogen (secondary N) is 1. The first-order valence-corrected chi connectivity index (χ1v) is 7.65. The number of benzene rings is 1. The molecule has 1 aliphatic heterocycles. The van der Waals surface area contributed by atoms with Gasteiger partial charge in [-0.1, -0.05) is 12.1 Å². The van der Waals surface area contributed by atoms with E-state index in [0.29, 0.717) is 19.6 Å². The SMILES string of the molecule is Cc1nc(CC(=O)NC[C@H]2COc3ccccc3O2)cs1. The Morgan fingerprint density at radius 1 is 1.43 bits per heavy atom. The minimum absolute atomic E-state index is 0.0530. The van der Waals surface area contributed by atoms with Crippen LogP contribution in [0.25, 0.3) is 0 Å². The van der Waals surface area contributed by atoms with E-state index < -0.39 is 0 Å². The fourth-order valence-corrected chi connectivity index (χ4v) is 2.72. The number of aryl methyl sites for hydroxylation is 1. The molecule has 0 spiro atoms. The lowest BCUT2D eigenvalue weighted by Crippen LogP contribution is -2.41. The van der Waals surface area contributed by atoms with Crippen LogP contribution >= 0.6 is 11.3 Å². The van der Waals surface area contributed by atoms with Gasteiger partial charge in [-0.3, -0.25) is 4.79 Å². The number of hydrogen-bond donors (Lipinski definition) is 1. The number of para-hydroxylation sites is 2. The molecule has 0 fully saturated rings. The molecular weight excluding hydrogens is 288 g/mol. The third-order valence-corrected chi connectivity index (χ3v) is 3.92. The lowest BCUT2D eigenvalue weighted by molar-refractivity contribution is -0.121. The molecule has 6 heteroatoms. The standard InChI is InChI=1S/C15H16N2O3S/c1-10-17-11(9-21-10)6-15(18)16-7-12-8-19-13-4-2-3-5-14(13)20-12/h2-5,9,12H,6-8H2,1H3,(H,16,18)/t12-/m0/s1. The summed E-state index contributed by atoms with van der Waals surface area (Å²) in [7, 11) is 0. The van der Waals surface area contributed by atoms with Crippen molar-refractivity contribution in [2.24, 2.45) is 0 Å². The summed E-state index contributed by atoms with van der Waals surface area (Å²) in [6.07, 6.45) is 0.134. The zero-order chi connectivity index (χ0) is 14.7. The van der Waals surface area contributed by atoms with Gasteiger partial charge in [0.1, 0.15) is 12.7 Å². The molecule has 0 bridgehead atoms. The maximum atomic E-state index is 11.9. The average Bonchev–Trinajstić information content (AvgIpc) is 2.90. The number of hydrogen-bond acceptors (Lipinski definition) is 5. The van der Waals surface area contributed by atoms with Crippen molar-refractivity contribution >= 4 is 17.2 Å². The van der Waals surface area contributed by atoms with Crippen molar-refractivity contribution < 1.29 is 14.3 Å². The van der Waals surface area contributed by atoms with Gasteiger partial charge in [-0.05, 0) is 19.1 Å². The fourth-order valence-electron chi connectivity index (χ4n) is 2.11. The number of rotatable bonds is 4. The molecule has 0 aliphatic carbocycles. The summed E-state index contributed by atoms with van der Waals surface area (Å²) in [5, 5.41) is 5.74. The Labute approximate surface area is 126 Å². The first-order valence-electron chi connectivity index (χ1n) is 6.77. The largest absolute Gasteiger partial charge is 0.486 e. The minimum atomic E-state index is -0.166. The van der Waals surface area contributed by atoms with E-state index in [1.54, 1.807) is 11.3 Å². The maximum absolute atomic E-state index is 11.9. The van der Waals surface area contributed by atoms with Gasteiger partial charge in [-0.25, -0.2) is 4.98 Å². The van der Waals surface area contributed by atoms with Gasteiger partial charge < -0.3 is 14.8 Å². The Morgan fingerprint density at radius 3 is 3.00 bits per heavy atom. The van der Waals surface area contributed by atoms with Crippen molar-refractivity contribution in [2.75, 3.05) is 13.2 Å². The number of thiazole rings is 1. The minimum Gasteiger partial charge on any atom is -0.486 e. The molecule has 2 aromatic rings. The molecule has 0 saturated carbocycles. The zero-order valence-electron chi connectivity index (χ0n) is 11.7. The summed E-state index contributed by atoms with van der Waals surface area (Å²) >= 11 is 1.55. The van der Waals surface area contributed by atoms with Gasteiger partial charge in [0.15, 0.2) is 11.5 Å². The van der Waals surface area contributed by atoms with E-state index in [0.717, 1.165) is 22.2 Å². The molecule has 1 amide bonds. The van der Waals surface area contributed by atoms with Crippen LogP contribution in [-0.4, -0.2) is 30.1 Å². The van der Waals surface area contributed by atoms with E-state index >= 15 is 0 Å². The van der Waals surface area contributed by atoms with Crippen molar-refractivity contribution in [3.05, 3.63) is 40.3 Å². The summed E-state index contributed by atoms with van der Waals surface area (Å²) in [6, 6.07) is 7.53. The molecule has 1 aromatic carbocycles. The summed E-state index contributed by atoms with van der Waals surface area (Å²) < 4.78 is 11.4. The molecular formula is C15H16N2O3S. The normalized spacial score (nSPS) is 16.5. The molecule has 1 atom stereocenters. The highest BCUT2D eigenvalue weighted by atomic mass is 32.1. The Balaban J connectivity index is 1.49. The van der Waals surface area contributed by atoms with Gasteiger partial charge in [0.05, 0.1) is 23.7 Å². The Morgan fingerprint density at radius 2 is 2.24 bits per heavy atom. The summed E-state index contributed by atoms with van der Waals surface area (Å²) in [4.78, 5) is 16.1. The summed E-state index contributed by atoms with van der Waals surface area (Å²) in [5.41, 5.74) is 0.807. The topological polar surface area (TPSA) is 60.5 Å². The number of carbonyl (C=O) groups excluding carboxylic acids is 1. The quantitative estimate of drug-likeness (QED) is 0.938. The maximum Gasteiger partial charge on any atom is 0.226 e. The van der Waals surface area contributed by atoms with Crippen LogP contribution in [0.15, 0.2) is 29.6 Å².